The van der Waals surface area contributed by atoms with Gasteiger partial charge >= 0.3 is 0 Å². The van der Waals surface area contributed by atoms with E-state index in [2.05, 4.69) is 4.99 Å². The summed E-state index contributed by atoms with van der Waals surface area (Å²) in [4.78, 5) is 17.0. The number of hydrogen-bond donors (Lipinski definition) is 0. The van der Waals surface area contributed by atoms with Crippen LogP contribution in [0.15, 0.2) is 41.4 Å². The molecule has 0 saturated heterocycles. The van der Waals surface area contributed by atoms with Crippen LogP contribution in [-0.4, -0.2) is 10.5 Å². The molecule has 0 aliphatic carbocycles. The van der Waals surface area contributed by atoms with Crippen LogP contribution in [0.1, 0.15) is 17.3 Å². The van der Waals surface area contributed by atoms with Gasteiger partial charge < -0.3 is 4.57 Å². The number of nitrogens with zero attached hydrogens (tertiary/aromatic N) is 2. The Bertz CT molecular complexity index is 978. The van der Waals surface area contributed by atoms with Gasteiger partial charge in [-0.05, 0) is 43.3 Å². The first-order valence-electron chi connectivity index (χ1n) is 6.82. The molecule has 3 nitrogen and oxygen atoms in total. The molecule has 0 radical (unpaired) electrons. The zero-order chi connectivity index (χ0) is 16.6. The fraction of sp³-hybridized carbons (Fsp3) is 0.125. The molecule has 3 rings (SSSR count). The van der Waals surface area contributed by atoms with Crippen LogP contribution in [0.4, 0.5) is 4.39 Å². The number of hydrogen-bond acceptors (Lipinski definition) is 2. The van der Waals surface area contributed by atoms with Gasteiger partial charge in [0.2, 0.25) is 0 Å². The lowest BCUT2D eigenvalue weighted by atomic mass is 10.2. The zero-order valence-electron chi connectivity index (χ0n) is 12.0. The van der Waals surface area contributed by atoms with Crippen molar-refractivity contribution in [2.45, 2.75) is 13.5 Å². The minimum absolute atomic E-state index is 0.241. The maximum absolute atomic E-state index is 13.4. The third-order valence-corrected chi connectivity index (χ3v) is 4.92. The van der Waals surface area contributed by atoms with E-state index in [1.807, 2.05) is 11.5 Å². The zero-order valence-corrected chi connectivity index (χ0v) is 14.3. The van der Waals surface area contributed by atoms with E-state index in [9.17, 15) is 9.18 Å². The van der Waals surface area contributed by atoms with Gasteiger partial charge in [0.15, 0.2) is 4.80 Å². The van der Waals surface area contributed by atoms with Crippen LogP contribution in [0.3, 0.4) is 0 Å². The lowest BCUT2D eigenvalue weighted by Crippen LogP contribution is -2.16. The highest BCUT2D eigenvalue weighted by molar-refractivity contribution is 7.16. The molecule has 0 fully saturated rings. The van der Waals surface area contributed by atoms with Crippen LogP contribution in [0.5, 0.6) is 0 Å². The highest BCUT2D eigenvalue weighted by Crippen LogP contribution is 2.22. The summed E-state index contributed by atoms with van der Waals surface area (Å²) in [5.41, 5.74) is 1.08. The van der Waals surface area contributed by atoms with Gasteiger partial charge in [0, 0.05) is 11.6 Å². The molecule has 0 bridgehead atoms. The molecule has 1 aromatic heterocycles. The Labute approximate surface area is 145 Å². The second-order valence-electron chi connectivity index (χ2n) is 4.78. The fourth-order valence-corrected chi connectivity index (χ4v) is 3.73. The molecule has 3 aromatic rings. The molecule has 0 spiro atoms. The molecule has 0 unspecified atom stereocenters. The van der Waals surface area contributed by atoms with Crippen molar-refractivity contribution < 1.29 is 9.18 Å². The first-order chi connectivity index (χ1) is 11.0. The van der Waals surface area contributed by atoms with Crippen LogP contribution in [-0.2, 0) is 6.54 Å². The van der Waals surface area contributed by atoms with Crippen LogP contribution >= 0.6 is 34.5 Å². The van der Waals surface area contributed by atoms with Gasteiger partial charge in [-0.25, -0.2) is 4.39 Å². The molecule has 23 heavy (non-hydrogen) atoms. The molecule has 2 aromatic carbocycles. The summed E-state index contributed by atoms with van der Waals surface area (Å²) in [5, 5.41) is 0.702. The molecule has 1 amide bonds. The van der Waals surface area contributed by atoms with Crippen molar-refractivity contribution in [3.05, 3.63) is 62.6 Å². The highest BCUT2D eigenvalue weighted by Gasteiger charge is 2.12. The lowest BCUT2D eigenvalue weighted by molar-refractivity contribution is 0.0998. The van der Waals surface area contributed by atoms with Crippen molar-refractivity contribution >= 4 is 50.7 Å². The summed E-state index contributed by atoms with van der Waals surface area (Å²) in [6.45, 7) is 2.55. The minimum atomic E-state index is -0.480. The number of amides is 1. The van der Waals surface area contributed by atoms with Gasteiger partial charge in [-0.2, -0.15) is 4.99 Å². The normalized spacial score (nSPS) is 12.1. The monoisotopic (exact) mass is 368 g/mol. The van der Waals surface area contributed by atoms with E-state index >= 15 is 0 Å². The summed E-state index contributed by atoms with van der Waals surface area (Å²) in [6.07, 6.45) is 0. The van der Waals surface area contributed by atoms with E-state index in [1.165, 1.54) is 29.5 Å². The molecule has 7 heteroatoms. The van der Waals surface area contributed by atoms with Gasteiger partial charge in [-0.1, -0.05) is 34.5 Å². The average molecular weight is 369 g/mol. The van der Waals surface area contributed by atoms with Crippen molar-refractivity contribution in [2.75, 3.05) is 0 Å². The molecule has 0 aliphatic rings. The third kappa shape index (κ3) is 3.17. The Morgan fingerprint density at radius 2 is 2.04 bits per heavy atom. The number of halogens is 3. The number of carbonyl (C=O) groups is 1. The van der Waals surface area contributed by atoms with E-state index in [-0.39, 0.29) is 11.4 Å². The lowest BCUT2D eigenvalue weighted by Gasteiger charge is -2.01. The number of carbonyl (C=O) groups excluding carboxylic acids is 1. The minimum Gasteiger partial charge on any atom is -0.317 e. The second-order valence-corrected chi connectivity index (χ2v) is 6.63. The van der Waals surface area contributed by atoms with E-state index in [1.54, 1.807) is 18.2 Å². The molecule has 0 saturated carbocycles. The fourth-order valence-electron chi connectivity index (χ4n) is 2.25. The van der Waals surface area contributed by atoms with Gasteiger partial charge in [-0.3, -0.25) is 4.79 Å². The Morgan fingerprint density at radius 1 is 1.26 bits per heavy atom. The number of thiazole rings is 1. The van der Waals surface area contributed by atoms with Crippen LogP contribution in [0, 0.1) is 5.82 Å². The number of benzene rings is 2. The molecule has 0 aliphatic heterocycles. The third-order valence-electron chi connectivity index (χ3n) is 3.32. The van der Waals surface area contributed by atoms with Crippen molar-refractivity contribution in [2.24, 2.45) is 4.99 Å². The maximum atomic E-state index is 13.4. The van der Waals surface area contributed by atoms with E-state index in [4.69, 9.17) is 23.2 Å². The predicted molar refractivity (Wildman–Crippen MR) is 91.8 cm³/mol. The Balaban J connectivity index is 2.17. The van der Waals surface area contributed by atoms with Crippen molar-refractivity contribution in [1.82, 2.24) is 4.57 Å². The summed E-state index contributed by atoms with van der Waals surface area (Å²) < 4.78 is 16.0. The van der Waals surface area contributed by atoms with Crippen LogP contribution in [0.2, 0.25) is 10.0 Å². The van der Waals surface area contributed by atoms with Gasteiger partial charge in [0.05, 0.1) is 20.8 Å². The van der Waals surface area contributed by atoms with Crippen molar-refractivity contribution in [1.29, 1.82) is 0 Å². The second kappa shape index (κ2) is 6.43. The molecular weight excluding hydrogens is 358 g/mol. The number of rotatable bonds is 2. The van der Waals surface area contributed by atoms with E-state index in [0.717, 1.165) is 10.2 Å². The number of fused-ring (bicyclic) bond motifs is 1. The molecule has 118 valence electrons. The molecule has 0 atom stereocenters. The van der Waals surface area contributed by atoms with E-state index in [0.29, 0.717) is 21.4 Å². The van der Waals surface area contributed by atoms with Crippen molar-refractivity contribution in [3.8, 4) is 0 Å². The van der Waals surface area contributed by atoms with Crippen LogP contribution < -0.4 is 4.80 Å². The topological polar surface area (TPSA) is 34.4 Å². The van der Waals surface area contributed by atoms with Crippen LogP contribution in [0.25, 0.3) is 10.2 Å². The summed E-state index contributed by atoms with van der Waals surface area (Å²) in [5.74, 6) is -0.801. The summed E-state index contributed by atoms with van der Waals surface area (Å²) in [6, 6.07) is 9.15. The Hall–Kier alpha value is -1.69. The van der Waals surface area contributed by atoms with Gasteiger partial charge in [-0.15, -0.1) is 0 Å². The summed E-state index contributed by atoms with van der Waals surface area (Å²) in [7, 11) is 0. The standard InChI is InChI=1S/C16H11Cl2FN2OS/c1-2-21-13-6-4-10(19)8-14(13)23-16(21)20-15(22)11-7-9(17)3-5-12(11)18/h3-8H,2H2,1H3. The predicted octanol–water partition coefficient (Wildman–Crippen LogP) is 4.91. The Kier molecular flexibility index (Phi) is 4.53. The van der Waals surface area contributed by atoms with Gasteiger partial charge in [0.25, 0.3) is 5.91 Å². The van der Waals surface area contributed by atoms with E-state index < -0.39 is 5.91 Å². The molecule has 1 heterocycles. The number of aromatic nitrogens is 1. The number of aryl methyl sites for hydroxylation is 1. The largest absolute Gasteiger partial charge is 0.317 e. The first-order valence-corrected chi connectivity index (χ1v) is 8.40. The van der Waals surface area contributed by atoms with Gasteiger partial charge in [0.1, 0.15) is 5.82 Å². The first kappa shape index (κ1) is 16.2. The maximum Gasteiger partial charge on any atom is 0.281 e. The molecular formula is C16H11Cl2FN2OS. The highest BCUT2D eigenvalue weighted by atomic mass is 35.5. The van der Waals surface area contributed by atoms with Crippen molar-refractivity contribution in [3.63, 3.8) is 0 Å². The Morgan fingerprint density at radius 3 is 2.78 bits per heavy atom. The smallest absolute Gasteiger partial charge is 0.281 e. The SMILES string of the molecule is CCn1c(=NC(=O)c2cc(Cl)ccc2Cl)sc2cc(F)ccc21. The molecule has 0 N–H and O–H groups in total. The summed E-state index contributed by atoms with van der Waals surface area (Å²) >= 11 is 13.2. The quantitative estimate of drug-likeness (QED) is 0.632. The average Bonchev–Trinajstić information content (AvgIpc) is 2.85.